The molecule has 0 spiro atoms. The van der Waals surface area contributed by atoms with Crippen molar-refractivity contribution in [3.05, 3.63) is 36.4 Å². The van der Waals surface area contributed by atoms with Crippen molar-refractivity contribution in [1.29, 1.82) is 0 Å². The first-order valence-electron chi connectivity index (χ1n) is 5.44. The van der Waals surface area contributed by atoms with Gasteiger partial charge in [0.25, 0.3) is 0 Å². The highest BCUT2D eigenvalue weighted by Crippen LogP contribution is 2.16. The lowest BCUT2D eigenvalue weighted by atomic mass is 10.2. The van der Waals surface area contributed by atoms with Crippen LogP contribution < -0.4 is 15.3 Å². The maximum Gasteiger partial charge on any atom is 0.248 e. The Morgan fingerprint density at radius 3 is 2.21 bits per heavy atom. The van der Waals surface area contributed by atoms with Gasteiger partial charge in [-0.15, -0.1) is 0 Å². The number of nitrogens with one attached hydrogen (secondary N) is 1. The van der Waals surface area contributed by atoms with E-state index in [1.165, 1.54) is 11.8 Å². The van der Waals surface area contributed by atoms with Crippen LogP contribution in [0.3, 0.4) is 0 Å². The number of carbonyl (C=O) groups excluding carboxylic acids is 3. The second-order valence-electron chi connectivity index (χ2n) is 3.77. The molecule has 1 aromatic rings. The quantitative estimate of drug-likeness (QED) is 0.767. The fraction of sp³-hybridized carbons (Fsp3) is 0.154. The van der Waals surface area contributed by atoms with Crippen molar-refractivity contribution in [3.63, 3.8) is 0 Å². The molecule has 0 aromatic heterocycles. The van der Waals surface area contributed by atoms with Crippen molar-refractivity contribution >= 4 is 29.2 Å². The molecular formula is C13H13N2O4-. The first-order chi connectivity index (χ1) is 8.90. The van der Waals surface area contributed by atoms with Crippen LogP contribution in [0.1, 0.15) is 6.92 Å². The first kappa shape index (κ1) is 14.4. The van der Waals surface area contributed by atoms with Gasteiger partial charge >= 0.3 is 0 Å². The molecule has 0 radical (unpaired) electrons. The van der Waals surface area contributed by atoms with E-state index in [0.29, 0.717) is 17.5 Å². The third-order valence-electron chi connectivity index (χ3n) is 2.37. The minimum atomic E-state index is -1.44. The molecule has 100 valence electrons. The number of benzene rings is 1. The average Bonchev–Trinajstić information content (AvgIpc) is 2.36. The van der Waals surface area contributed by atoms with Crippen LogP contribution in [-0.4, -0.2) is 24.8 Å². The Labute approximate surface area is 110 Å². The molecule has 19 heavy (non-hydrogen) atoms. The molecule has 0 aliphatic carbocycles. The Morgan fingerprint density at radius 1 is 1.16 bits per heavy atom. The van der Waals surface area contributed by atoms with Gasteiger partial charge in [0.1, 0.15) is 0 Å². The lowest BCUT2D eigenvalue weighted by molar-refractivity contribution is -0.297. The summed E-state index contributed by atoms with van der Waals surface area (Å²) >= 11 is 0. The largest absolute Gasteiger partial charge is 0.545 e. The Kier molecular flexibility index (Phi) is 4.82. The van der Waals surface area contributed by atoms with Gasteiger partial charge in [-0.05, 0) is 30.3 Å². The van der Waals surface area contributed by atoms with Crippen molar-refractivity contribution in [3.8, 4) is 0 Å². The number of rotatable bonds is 4. The lowest BCUT2D eigenvalue weighted by Gasteiger charge is -2.15. The van der Waals surface area contributed by atoms with E-state index >= 15 is 0 Å². The van der Waals surface area contributed by atoms with Crippen molar-refractivity contribution in [2.75, 3.05) is 17.3 Å². The predicted octanol–water partition coefficient (Wildman–Crippen LogP) is -0.0861. The van der Waals surface area contributed by atoms with Crippen LogP contribution in [0.15, 0.2) is 36.4 Å². The summed E-state index contributed by atoms with van der Waals surface area (Å²) in [5.74, 6) is -2.11. The number of anilines is 2. The highest BCUT2D eigenvalue weighted by Gasteiger charge is 2.05. The van der Waals surface area contributed by atoms with E-state index in [-0.39, 0.29) is 5.91 Å². The van der Waals surface area contributed by atoms with Crippen LogP contribution in [0.5, 0.6) is 0 Å². The number of carboxylic acid groups (broad SMARTS) is 1. The Balaban J connectivity index is 2.69. The molecule has 0 atom stereocenters. The fourth-order valence-corrected chi connectivity index (χ4v) is 1.28. The van der Waals surface area contributed by atoms with Gasteiger partial charge in [-0.1, -0.05) is 0 Å². The number of amides is 2. The zero-order chi connectivity index (χ0) is 14.4. The van der Waals surface area contributed by atoms with E-state index in [4.69, 9.17) is 0 Å². The number of carboxylic acids is 1. The Bertz CT molecular complexity index is 520. The molecule has 0 unspecified atom stereocenters. The van der Waals surface area contributed by atoms with Crippen molar-refractivity contribution in [2.24, 2.45) is 0 Å². The van der Waals surface area contributed by atoms with E-state index in [1.54, 1.807) is 31.3 Å². The van der Waals surface area contributed by atoms with Gasteiger partial charge in [-0.25, -0.2) is 0 Å². The number of aliphatic carboxylic acids is 1. The molecule has 6 nitrogen and oxygen atoms in total. The predicted molar refractivity (Wildman–Crippen MR) is 68.3 cm³/mol. The molecule has 0 aliphatic rings. The molecule has 0 bridgehead atoms. The molecule has 0 saturated heterocycles. The van der Waals surface area contributed by atoms with E-state index in [2.05, 4.69) is 5.32 Å². The fourth-order valence-electron chi connectivity index (χ4n) is 1.28. The number of nitrogens with zero attached hydrogens (tertiary/aromatic N) is 1. The highest BCUT2D eigenvalue weighted by molar-refractivity contribution is 6.02. The summed E-state index contributed by atoms with van der Waals surface area (Å²) < 4.78 is 0. The molecule has 6 heteroatoms. The molecule has 0 heterocycles. The summed E-state index contributed by atoms with van der Waals surface area (Å²) in [6.45, 7) is 1.44. The van der Waals surface area contributed by atoms with Crippen molar-refractivity contribution < 1.29 is 19.5 Å². The molecule has 0 saturated carbocycles. The molecule has 0 fully saturated rings. The monoisotopic (exact) mass is 261 g/mol. The van der Waals surface area contributed by atoms with Crippen molar-refractivity contribution in [1.82, 2.24) is 0 Å². The smallest absolute Gasteiger partial charge is 0.248 e. The molecular weight excluding hydrogens is 248 g/mol. The minimum Gasteiger partial charge on any atom is -0.545 e. The Hall–Kier alpha value is -2.63. The standard InChI is InChI=1S/C13H14N2O4/c1-9(16)15(2)11-5-3-10(4-6-11)14-12(17)7-8-13(18)19/h3-8H,1-2H3,(H,14,17)(H,18,19)/p-1/b8-7-. The number of carbonyl (C=O) groups is 3. The molecule has 1 aromatic carbocycles. The zero-order valence-electron chi connectivity index (χ0n) is 10.5. The zero-order valence-corrected chi connectivity index (χ0v) is 10.5. The normalized spacial score (nSPS) is 10.2. The summed E-state index contributed by atoms with van der Waals surface area (Å²) in [5.41, 5.74) is 1.18. The lowest BCUT2D eigenvalue weighted by Crippen LogP contribution is -2.22. The van der Waals surface area contributed by atoms with Crippen LogP contribution >= 0.6 is 0 Å². The van der Waals surface area contributed by atoms with Gasteiger partial charge in [-0.2, -0.15) is 0 Å². The number of hydrogen-bond donors (Lipinski definition) is 1. The molecule has 1 N–H and O–H groups in total. The van der Waals surface area contributed by atoms with Crippen LogP contribution in [0.4, 0.5) is 11.4 Å². The van der Waals surface area contributed by atoms with Crippen molar-refractivity contribution in [2.45, 2.75) is 6.92 Å². The van der Waals surface area contributed by atoms with Crippen LogP contribution in [0, 0.1) is 0 Å². The summed E-state index contributed by atoms with van der Waals surface area (Å²) in [4.78, 5) is 34.0. The first-order valence-corrected chi connectivity index (χ1v) is 5.44. The average molecular weight is 261 g/mol. The minimum absolute atomic E-state index is 0.103. The summed E-state index contributed by atoms with van der Waals surface area (Å²) in [6, 6.07) is 6.55. The number of hydrogen-bond acceptors (Lipinski definition) is 4. The van der Waals surface area contributed by atoms with E-state index in [1.807, 2.05) is 0 Å². The molecule has 0 aliphatic heterocycles. The summed E-state index contributed by atoms with van der Waals surface area (Å²) in [7, 11) is 1.64. The van der Waals surface area contributed by atoms with E-state index in [0.717, 1.165) is 6.08 Å². The van der Waals surface area contributed by atoms with Gasteiger partial charge < -0.3 is 20.1 Å². The summed E-state index contributed by atoms with van der Waals surface area (Å²) in [6.07, 6.45) is 1.51. The van der Waals surface area contributed by atoms with Gasteiger partial charge in [0.15, 0.2) is 0 Å². The highest BCUT2D eigenvalue weighted by atomic mass is 16.4. The maximum atomic E-state index is 11.3. The van der Waals surface area contributed by atoms with Gasteiger partial charge in [-0.3, -0.25) is 9.59 Å². The second-order valence-corrected chi connectivity index (χ2v) is 3.77. The van der Waals surface area contributed by atoms with Crippen LogP contribution in [0.25, 0.3) is 0 Å². The molecule has 2 amide bonds. The Morgan fingerprint density at radius 2 is 1.74 bits per heavy atom. The SMILES string of the molecule is CC(=O)N(C)c1ccc(NC(=O)/C=C\C(=O)[O-])cc1. The van der Waals surface area contributed by atoms with Gasteiger partial charge in [0.2, 0.25) is 11.8 Å². The maximum absolute atomic E-state index is 11.3. The van der Waals surface area contributed by atoms with Crippen LogP contribution in [-0.2, 0) is 14.4 Å². The topological polar surface area (TPSA) is 89.5 Å². The third kappa shape index (κ3) is 4.63. The third-order valence-corrected chi connectivity index (χ3v) is 2.37. The van der Waals surface area contributed by atoms with Gasteiger partial charge in [0, 0.05) is 31.4 Å². The summed E-state index contributed by atoms with van der Waals surface area (Å²) in [5, 5.41) is 12.6. The molecule has 1 rings (SSSR count). The van der Waals surface area contributed by atoms with E-state index < -0.39 is 11.9 Å². The second kappa shape index (κ2) is 6.34. The van der Waals surface area contributed by atoms with Crippen LogP contribution in [0.2, 0.25) is 0 Å². The van der Waals surface area contributed by atoms with Gasteiger partial charge in [0.05, 0.1) is 5.97 Å². The van der Waals surface area contributed by atoms with E-state index in [9.17, 15) is 19.5 Å².